The molecule has 1 aliphatic heterocycles. The number of amides is 2. The number of benzene rings is 2. The molecule has 37 heavy (non-hydrogen) atoms. The second-order valence-corrected chi connectivity index (χ2v) is 9.63. The third kappa shape index (κ3) is 6.05. The average molecular weight is 519 g/mol. The lowest BCUT2D eigenvalue weighted by molar-refractivity contribution is 0.101. The minimum Gasteiger partial charge on any atom is -0.378 e. The number of carbonyl (C=O) groups is 2. The smallest absolute Gasteiger partial charge is 0.276 e. The Bertz CT molecular complexity index is 1380. The molecular formula is C27H27ClN6O3. The number of hydrogen-bond acceptors (Lipinski definition) is 7. The summed E-state index contributed by atoms with van der Waals surface area (Å²) in [6.07, 6.45) is 1.42. The van der Waals surface area contributed by atoms with Crippen LogP contribution in [0.2, 0.25) is 5.02 Å². The Morgan fingerprint density at radius 2 is 1.86 bits per heavy atom. The van der Waals surface area contributed by atoms with Gasteiger partial charge in [0.25, 0.3) is 11.8 Å². The highest BCUT2D eigenvalue weighted by molar-refractivity contribution is 6.34. The molecule has 1 aliphatic rings. The number of rotatable bonds is 6. The van der Waals surface area contributed by atoms with Gasteiger partial charge in [-0.05, 0) is 56.2 Å². The molecule has 0 spiro atoms. The van der Waals surface area contributed by atoms with Crippen molar-refractivity contribution < 1.29 is 14.3 Å². The first kappa shape index (κ1) is 26.1. The summed E-state index contributed by atoms with van der Waals surface area (Å²) in [5, 5.41) is 15.2. The number of nitrogens with one attached hydrogen (secondary N) is 2. The van der Waals surface area contributed by atoms with Gasteiger partial charge in [-0.1, -0.05) is 29.8 Å². The molecular weight excluding hydrogens is 492 g/mol. The summed E-state index contributed by atoms with van der Waals surface area (Å²) in [5.41, 5.74) is 2.31. The van der Waals surface area contributed by atoms with E-state index in [0.29, 0.717) is 49.2 Å². The first-order valence-corrected chi connectivity index (χ1v) is 12.2. The fourth-order valence-corrected chi connectivity index (χ4v) is 3.94. The van der Waals surface area contributed by atoms with Crippen LogP contribution < -0.4 is 15.5 Å². The number of nitriles is 1. The first-order valence-electron chi connectivity index (χ1n) is 11.8. The van der Waals surface area contributed by atoms with Crippen LogP contribution in [-0.4, -0.2) is 48.1 Å². The van der Waals surface area contributed by atoms with Crippen molar-refractivity contribution in [2.75, 3.05) is 41.8 Å². The Kier molecular flexibility index (Phi) is 7.71. The molecule has 190 valence electrons. The maximum absolute atomic E-state index is 13.1. The number of hydrogen-bond donors (Lipinski definition) is 2. The maximum Gasteiger partial charge on any atom is 0.276 e. The van der Waals surface area contributed by atoms with Gasteiger partial charge in [0.15, 0.2) is 5.69 Å². The predicted octanol–water partition coefficient (Wildman–Crippen LogP) is 4.58. The standard InChI is InChI=1S/C27H27ClN6O3/c1-17-7-8-20(31-24(35)18-5-4-6-19(13-18)27(2,3)16-29)14-22(17)32-25(36)23-21(28)15-30-26(33-23)34-9-11-37-12-10-34/h4-8,13-15H,9-12H2,1-3H3,(H,31,35)(H,32,36). The van der Waals surface area contributed by atoms with E-state index in [1.165, 1.54) is 6.20 Å². The monoisotopic (exact) mass is 518 g/mol. The molecule has 0 radical (unpaired) electrons. The van der Waals surface area contributed by atoms with E-state index in [2.05, 4.69) is 26.7 Å². The van der Waals surface area contributed by atoms with Gasteiger partial charge >= 0.3 is 0 Å². The van der Waals surface area contributed by atoms with Gasteiger partial charge in [-0.3, -0.25) is 9.59 Å². The Morgan fingerprint density at radius 3 is 2.59 bits per heavy atom. The molecule has 2 amide bonds. The zero-order valence-electron chi connectivity index (χ0n) is 20.8. The molecule has 0 aliphatic carbocycles. The van der Waals surface area contributed by atoms with Gasteiger partial charge in [0, 0.05) is 30.0 Å². The van der Waals surface area contributed by atoms with Gasteiger partial charge in [0.1, 0.15) is 0 Å². The third-order valence-electron chi connectivity index (χ3n) is 6.11. The van der Waals surface area contributed by atoms with E-state index in [-0.39, 0.29) is 16.6 Å². The van der Waals surface area contributed by atoms with Gasteiger partial charge in [-0.2, -0.15) is 5.26 Å². The van der Waals surface area contributed by atoms with E-state index in [0.717, 1.165) is 11.1 Å². The minimum absolute atomic E-state index is 0.0592. The second kappa shape index (κ2) is 10.9. The van der Waals surface area contributed by atoms with Crippen LogP contribution in [0, 0.1) is 18.3 Å². The van der Waals surface area contributed by atoms with Crippen molar-refractivity contribution in [3.63, 3.8) is 0 Å². The number of morpholine rings is 1. The second-order valence-electron chi connectivity index (χ2n) is 9.22. The molecule has 2 heterocycles. The number of aromatic nitrogens is 2. The lowest BCUT2D eigenvalue weighted by Crippen LogP contribution is -2.37. The Morgan fingerprint density at radius 1 is 1.11 bits per heavy atom. The molecule has 1 aromatic heterocycles. The van der Waals surface area contributed by atoms with Crippen LogP contribution >= 0.6 is 11.6 Å². The molecule has 10 heteroatoms. The number of carbonyl (C=O) groups excluding carboxylic acids is 2. The van der Waals surface area contributed by atoms with E-state index in [9.17, 15) is 14.9 Å². The molecule has 4 rings (SSSR count). The van der Waals surface area contributed by atoms with Crippen LogP contribution in [0.4, 0.5) is 17.3 Å². The quantitative estimate of drug-likeness (QED) is 0.490. The van der Waals surface area contributed by atoms with Gasteiger partial charge in [0.05, 0.1) is 35.9 Å². The van der Waals surface area contributed by atoms with Gasteiger partial charge in [-0.15, -0.1) is 0 Å². The fraction of sp³-hybridized carbons (Fsp3) is 0.296. The molecule has 0 unspecified atom stereocenters. The molecule has 2 aromatic carbocycles. The summed E-state index contributed by atoms with van der Waals surface area (Å²) in [6.45, 7) is 7.81. The predicted molar refractivity (Wildman–Crippen MR) is 142 cm³/mol. The number of halogens is 1. The highest BCUT2D eigenvalue weighted by Gasteiger charge is 2.22. The first-order chi connectivity index (χ1) is 17.7. The average Bonchev–Trinajstić information content (AvgIpc) is 2.91. The molecule has 3 aromatic rings. The number of anilines is 3. The Balaban J connectivity index is 1.51. The zero-order valence-corrected chi connectivity index (χ0v) is 21.6. The van der Waals surface area contributed by atoms with E-state index in [1.807, 2.05) is 17.9 Å². The summed E-state index contributed by atoms with van der Waals surface area (Å²) in [4.78, 5) is 36.6. The summed E-state index contributed by atoms with van der Waals surface area (Å²) in [5.74, 6) is -0.400. The van der Waals surface area contributed by atoms with E-state index >= 15 is 0 Å². The molecule has 1 saturated heterocycles. The van der Waals surface area contributed by atoms with Crippen molar-refractivity contribution in [2.45, 2.75) is 26.2 Å². The van der Waals surface area contributed by atoms with E-state index in [1.54, 1.807) is 50.2 Å². The largest absolute Gasteiger partial charge is 0.378 e. The number of aryl methyl sites for hydroxylation is 1. The maximum atomic E-state index is 13.1. The molecule has 0 bridgehead atoms. The van der Waals surface area contributed by atoms with Crippen molar-refractivity contribution in [1.82, 2.24) is 9.97 Å². The van der Waals surface area contributed by atoms with Crippen molar-refractivity contribution in [3.05, 3.63) is 76.1 Å². The number of ether oxygens (including phenoxy) is 1. The topological polar surface area (TPSA) is 120 Å². The highest BCUT2D eigenvalue weighted by Crippen LogP contribution is 2.25. The molecule has 9 nitrogen and oxygen atoms in total. The molecule has 1 fully saturated rings. The van der Waals surface area contributed by atoms with Crippen molar-refractivity contribution in [3.8, 4) is 6.07 Å². The van der Waals surface area contributed by atoms with Crippen LogP contribution in [0.5, 0.6) is 0 Å². The van der Waals surface area contributed by atoms with Crippen LogP contribution in [0.1, 0.15) is 45.8 Å². The van der Waals surface area contributed by atoms with E-state index in [4.69, 9.17) is 16.3 Å². The molecule has 0 atom stereocenters. The fourth-order valence-electron chi connectivity index (χ4n) is 3.77. The van der Waals surface area contributed by atoms with Gasteiger partial charge in [0.2, 0.25) is 5.95 Å². The summed E-state index contributed by atoms with van der Waals surface area (Å²) in [6, 6.07) is 14.4. The lowest BCUT2D eigenvalue weighted by Gasteiger charge is -2.26. The summed E-state index contributed by atoms with van der Waals surface area (Å²) in [7, 11) is 0. The van der Waals surface area contributed by atoms with Crippen molar-refractivity contribution in [2.24, 2.45) is 0 Å². The normalized spacial score (nSPS) is 13.5. The van der Waals surface area contributed by atoms with E-state index < -0.39 is 11.3 Å². The van der Waals surface area contributed by atoms with Crippen molar-refractivity contribution >= 4 is 40.7 Å². The van der Waals surface area contributed by atoms with Crippen molar-refractivity contribution in [1.29, 1.82) is 5.26 Å². The Hall–Kier alpha value is -4.00. The summed E-state index contributed by atoms with van der Waals surface area (Å²) >= 11 is 6.25. The third-order valence-corrected chi connectivity index (χ3v) is 6.39. The van der Waals surface area contributed by atoms with Crippen LogP contribution in [0.15, 0.2) is 48.7 Å². The molecule has 2 N–H and O–H groups in total. The minimum atomic E-state index is -0.721. The highest BCUT2D eigenvalue weighted by atomic mass is 35.5. The zero-order chi connectivity index (χ0) is 26.6. The van der Waals surface area contributed by atoms with Gasteiger partial charge < -0.3 is 20.3 Å². The van der Waals surface area contributed by atoms with Crippen LogP contribution in [-0.2, 0) is 10.2 Å². The van der Waals surface area contributed by atoms with Crippen LogP contribution in [0.25, 0.3) is 0 Å². The van der Waals surface area contributed by atoms with Crippen LogP contribution in [0.3, 0.4) is 0 Å². The number of nitrogens with zero attached hydrogens (tertiary/aromatic N) is 4. The SMILES string of the molecule is Cc1ccc(NC(=O)c2cccc(C(C)(C)C#N)c2)cc1NC(=O)c1nc(N2CCOCC2)ncc1Cl. The van der Waals surface area contributed by atoms with Gasteiger partial charge in [-0.25, -0.2) is 9.97 Å². The summed E-state index contributed by atoms with van der Waals surface area (Å²) < 4.78 is 5.36. The Labute approximate surface area is 220 Å². The lowest BCUT2D eigenvalue weighted by atomic mass is 9.85. The molecule has 0 saturated carbocycles.